The molecule has 72 valence electrons. The molecule has 0 bridgehead atoms. The monoisotopic (exact) mass is 178 g/mol. The van der Waals surface area contributed by atoms with Gasteiger partial charge in [-0.25, -0.2) is 0 Å². The zero-order valence-electron chi connectivity index (χ0n) is 9.19. The maximum absolute atomic E-state index is 5.32. The van der Waals surface area contributed by atoms with Gasteiger partial charge in [0.05, 0.1) is 7.11 Å². The molecule has 13 heavy (non-hydrogen) atoms. The highest BCUT2D eigenvalue weighted by Crippen LogP contribution is 2.27. The first-order valence-corrected chi connectivity index (χ1v) is 4.75. The topological polar surface area (TPSA) is 9.23 Å². The van der Waals surface area contributed by atoms with Gasteiger partial charge in [0.2, 0.25) is 0 Å². The van der Waals surface area contributed by atoms with Crippen LogP contribution < -0.4 is 4.74 Å². The van der Waals surface area contributed by atoms with Crippen LogP contribution in [0.5, 0.6) is 5.75 Å². The van der Waals surface area contributed by atoms with E-state index >= 15 is 0 Å². The fourth-order valence-corrected chi connectivity index (χ4v) is 1.66. The number of benzene rings is 1. The van der Waals surface area contributed by atoms with Crippen LogP contribution in [-0.4, -0.2) is 7.11 Å². The van der Waals surface area contributed by atoms with E-state index in [1.807, 2.05) is 0 Å². The van der Waals surface area contributed by atoms with E-state index in [9.17, 15) is 0 Å². The first-order valence-electron chi connectivity index (χ1n) is 4.75. The average molecular weight is 178 g/mol. The zero-order valence-corrected chi connectivity index (χ0v) is 9.19. The highest BCUT2D eigenvalue weighted by molar-refractivity contribution is 5.47. The second kappa shape index (κ2) is 3.82. The molecule has 0 unspecified atom stereocenters. The van der Waals surface area contributed by atoms with E-state index in [2.05, 4.69) is 33.8 Å². The van der Waals surface area contributed by atoms with Crippen LogP contribution in [0.15, 0.2) is 6.07 Å². The van der Waals surface area contributed by atoms with Gasteiger partial charge in [-0.1, -0.05) is 6.92 Å². The Morgan fingerprint density at radius 3 is 2.15 bits per heavy atom. The van der Waals surface area contributed by atoms with Crippen LogP contribution in [0.25, 0.3) is 0 Å². The Kier molecular flexibility index (Phi) is 2.97. The van der Waals surface area contributed by atoms with Crippen molar-refractivity contribution in [1.29, 1.82) is 0 Å². The molecule has 0 aliphatic heterocycles. The molecule has 0 amide bonds. The van der Waals surface area contributed by atoms with Crippen LogP contribution in [-0.2, 0) is 6.42 Å². The first-order chi connectivity index (χ1) is 6.11. The standard InChI is InChI=1S/C12H18O/c1-6-11-7-12(13-5)10(4)8(2)9(11)3/h7H,6H2,1-5H3. The molecule has 0 aliphatic rings. The van der Waals surface area contributed by atoms with Crippen LogP contribution >= 0.6 is 0 Å². The molecule has 0 aromatic heterocycles. The third kappa shape index (κ3) is 1.69. The van der Waals surface area contributed by atoms with E-state index in [0.717, 1.165) is 12.2 Å². The Labute approximate surface area is 80.7 Å². The summed E-state index contributed by atoms with van der Waals surface area (Å²) in [6.45, 7) is 8.63. The molecule has 0 N–H and O–H groups in total. The van der Waals surface area contributed by atoms with Crippen LogP contribution in [0.1, 0.15) is 29.2 Å². The summed E-state index contributed by atoms with van der Waals surface area (Å²) < 4.78 is 5.32. The van der Waals surface area contributed by atoms with Crippen molar-refractivity contribution in [2.24, 2.45) is 0 Å². The second-order valence-electron chi connectivity index (χ2n) is 3.47. The van der Waals surface area contributed by atoms with Gasteiger partial charge >= 0.3 is 0 Å². The molecule has 1 heteroatoms. The van der Waals surface area contributed by atoms with Crippen molar-refractivity contribution >= 4 is 0 Å². The predicted octanol–water partition coefficient (Wildman–Crippen LogP) is 3.18. The van der Waals surface area contributed by atoms with Gasteiger partial charge in [0.1, 0.15) is 5.75 Å². The second-order valence-corrected chi connectivity index (χ2v) is 3.47. The molecule has 1 nitrogen and oxygen atoms in total. The van der Waals surface area contributed by atoms with Crippen molar-refractivity contribution in [2.75, 3.05) is 7.11 Å². The molecule has 0 saturated carbocycles. The van der Waals surface area contributed by atoms with E-state index in [1.54, 1.807) is 7.11 Å². The van der Waals surface area contributed by atoms with Gasteiger partial charge in [0.25, 0.3) is 0 Å². The summed E-state index contributed by atoms with van der Waals surface area (Å²) >= 11 is 0. The summed E-state index contributed by atoms with van der Waals surface area (Å²) in [4.78, 5) is 0. The van der Waals surface area contributed by atoms with E-state index < -0.39 is 0 Å². The maximum atomic E-state index is 5.32. The normalized spacial score (nSPS) is 10.2. The molecule has 0 saturated heterocycles. The van der Waals surface area contributed by atoms with Gasteiger partial charge in [-0.15, -0.1) is 0 Å². The number of ether oxygens (including phenoxy) is 1. The average Bonchev–Trinajstić information content (AvgIpc) is 2.15. The van der Waals surface area contributed by atoms with Crippen molar-refractivity contribution in [1.82, 2.24) is 0 Å². The molecule has 1 rings (SSSR count). The van der Waals surface area contributed by atoms with Crippen LogP contribution in [0.4, 0.5) is 0 Å². The molecule has 1 aromatic rings. The smallest absolute Gasteiger partial charge is 0.122 e. The summed E-state index contributed by atoms with van der Waals surface area (Å²) in [6, 6.07) is 2.15. The summed E-state index contributed by atoms with van der Waals surface area (Å²) in [5.74, 6) is 1.01. The number of methoxy groups -OCH3 is 1. The summed E-state index contributed by atoms with van der Waals surface area (Å²) in [6.07, 6.45) is 1.07. The minimum Gasteiger partial charge on any atom is -0.496 e. The molecule has 0 atom stereocenters. The number of hydrogen-bond donors (Lipinski definition) is 0. The lowest BCUT2D eigenvalue weighted by atomic mass is 9.96. The van der Waals surface area contributed by atoms with Crippen molar-refractivity contribution in [2.45, 2.75) is 34.1 Å². The largest absolute Gasteiger partial charge is 0.496 e. The minimum atomic E-state index is 1.01. The predicted molar refractivity (Wildman–Crippen MR) is 56.6 cm³/mol. The first kappa shape index (κ1) is 10.1. The number of aryl methyl sites for hydroxylation is 1. The maximum Gasteiger partial charge on any atom is 0.122 e. The molecule has 0 spiro atoms. The molecule has 0 radical (unpaired) electrons. The zero-order chi connectivity index (χ0) is 10.0. The summed E-state index contributed by atoms with van der Waals surface area (Å²) in [7, 11) is 1.73. The summed E-state index contributed by atoms with van der Waals surface area (Å²) in [5, 5.41) is 0. The molecular weight excluding hydrogens is 160 g/mol. The van der Waals surface area contributed by atoms with Crippen molar-refractivity contribution < 1.29 is 4.74 Å². The SMILES string of the molecule is CCc1cc(OC)c(C)c(C)c1C. The van der Waals surface area contributed by atoms with Crippen LogP contribution in [0.3, 0.4) is 0 Å². The van der Waals surface area contributed by atoms with Crippen LogP contribution in [0.2, 0.25) is 0 Å². The number of rotatable bonds is 2. The van der Waals surface area contributed by atoms with Gasteiger partial charge in [0.15, 0.2) is 0 Å². The third-order valence-corrected chi connectivity index (χ3v) is 2.88. The Morgan fingerprint density at radius 1 is 1.08 bits per heavy atom. The van der Waals surface area contributed by atoms with Crippen molar-refractivity contribution in [3.63, 3.8) is 0 Å². The summed E-state index contributed by atoms with van der Waals surface area (Å²) in [5.41, 5.74) is 5.41. The van der Waals surface area contributed by atoms with Crippen molar-refractivity contribution in [3.8, 4) is 5.75 Å². The van der Waals surface area contributed by atoms with E-state index in [1.165, 1.54) is 22.3 Å². The van der Waals surface area contributed by atoms with Gasteiger partial charge in [-0.3, -0.25) is 0 Å². The molecule has 1 aromatic carbocycles. The van der Waals surface area contributed by atoms with Gasteiger partial charge < -0.3 is 4.74 Å². The van der Waals surface area contributed by atoms with Gasteiger partial charge in [0, 0.05) is 0 Å². The third-order valence-electron chi connectivity index (χ3n) is 2.88. The quantitative estimate of drug-likeness (QED) is 0.675. The van der Waals surface area contributed by atoms with Gasteiger partial charge in [-0.05, 0) is 55.5 Å². The Morgan fingerprint density at radius 2 is 1.69 bits per heavy atom. The molecule has 0 aliphatic carbocycles. The Balaban J connectivity index is 3.36. The molecule has 0 heterocycles. The lowest BCUT2D eigenvalue weighted by Gasteiger charge is -2.14. The van der Waals surface area contributed by atoms with E-state index in [-0.39, 0.29) is 0 Å². The van der Waals surface area contributed by atoms with Gasteiger partial charge in [-0.2, -0.15) is 0 Å². The lowest BCUT2D eigenvalue weighted by Crippen LogP contribution is -1.97. The fourth-order valence-electron chi connectivity index (χ4n) is 1.66. The minimum absolute atomic E-state index is 1.01. The van der Waals surface area contributed by atoms with E-state index in [4.69, 9.17) is 4.74 Å². The fraction of sp³-hybridized carbons (Fsp3) is 0.500. The number of hydrogen-bond acceptors (Lipinski definition) is 1. The van der Waals surface area contributed by atoms with Crippen LogP contribution in [0, 0.1) is 20.8 Å². The molecule has 0 fully saturated rings. The Bertz CT molecular complexity index is 285. The molecular formula is C12H18O. The highest BCUT2D eigenvalue weighted by atomic mass is 16.5. The van der Waals surface area contributed by atoms with E-state index in [0.29, 0.717) is 0 Å². The lowest BCUT2D eigenvalue weighted by molar-refractivity contribution is 0.410. The van der Waals surface area contributed by atoms with Crippen molar-refractivity contribution in [3.05, 3.63) is 28.3 Å². The highest BCUT2D eigenvalue weighted by Gasteiger charge is 2.07. The Hall–Kier alpha value is -0.980.